The first-order valence-electron chi connectivity index (χ1n) is 8.73. The number of aliphatic hydroxyl groups excluding tert-OH is 1. The molecule has 6 heteroatoms. The first-order chi connectivity index (χ1) is 12.7. The molecule has 0 aliphatic heterocycles. The van der Waals surface area contributed by atoms with Crippen molar-refractivity contribution in [3.8, 4) is 11.5 Å². The number of hydrogen-bond donors (Lipinski definition) is 1. The van der Waals surface area contributed by atoms with E-state index in [2.05, 4.69) is 17.0 Å². The molecule has 3 aromatic rings. The third kappa shape index (κ3) is 4.62. The Hall–Kier alpha value is -2.37. The van der Waals surface area contributed by atoms with Crippen LogP contribution < -0.4 is 4.74 Å². The molecule has 1 N–H and O–H groups in total. The summed E-state index contributed by atoms with van der Waals surface area (Å²) in [6.07, 6.45) is 5.40. The SMILES string of the molecule is CCCCC(C(O)c1ccc(Oc2ccc(Cl)cc2)cc1)n1cncn1. The highest BCUT2D eigenvalue weighted by atomic mass is 35.5. The fourth-order valence-corrected chi connectivity index (χ4v) is 2.96. The number of aliphatic hydroxyl groups is 1. The van der Waals surface area contributed by atoms with Crippen molar-refractivity contribution in [2.24, 2.45) is 0 Å². The zero-order valence-corrected chi connectivity index (χ0v) is 15.4. The quantitative estimate of drug-likeness (QED) is 0.592. The van der Waals surface area contributed by atoms with Gasteiger partial charge in [-0.25, -0.2) is 9.67 Å². The zero-order valence-electron chi connectivity index (χ0n) is 14.6. The number of halogens is 1. The fraction of sp³-hybridized carbons (Fsp3) is 0.300. The lowest BCUT2D eigenvalue weighted by Crippen LogP contribution is -2.18. The minimum Gasteiger partial charge on any atom is -0.457 e. The van der Waals surface area contributed by atoms with Gasteiger partial charge < -0.3 is 9.84 Å². The molecule has 0 saturated heterocycles. The Balaban J connectivity index is 1.72. The Morgan fingerprint density at radius 3 is 2.31 bits per heavy atom. The van der Waals surface area contributed by atoms with E-state index in [1.54, 1.807) is 23.1 Å². The van der Waals surface area contributed by atoms with Crippen LogP contribution in [0.25, 0.3) is 0 Å². The van der Waals surface area contributed by atoms with Crippen molar-refractivity contribution in [1.29, 1.82) is 0 Å². The average Bonchev–Trinajstić information content (AvgIpc) is 3.19. The molecular weight excluding hydrogens is 350 g/mol. The van der Waals surface area contributed by atoms with E-state index in [4.69, 9.17) is 16.3 Å². The Bertz CT molecular complexity index is 789. The molecule has 0 aliphatic carbocycles. The van der Waals surface area contributed by atoms with Gasteiger partial charge in [0, 0.05) is 5.02 Å². The Morgan fingerprint density at radius 1 is 1.08 bits per heavy atom. The van der Waals surface area contributed by atoms with Crippen LogP contribution in [0.3, 0.4) is 0 Å². The van der Waals surface area contributed by atoms with Crippen molar-refractivity contribution in [3.63, 3.8) is 0 Å². The lowest BCUT2D eigenvalue weighted by Gasteiger charge is -2.23. The highest BCUT2D eigenvalue weighted by molar-refractivity contribution is 6.30. The summed E-state index contributed by atoms with van der Waals surface area (Å²) in [6, 6.07) is 14.5. The molecule has 2 aromatic carbocycles. The first-order valence-corrected chi connectivity index (χ1v) is 9.10. The molecule has 1 heterocycles. The lowest BCUT2D eigenvalue weighted by atomic mass is 9.98. The maximum atomic E-state index is 10.8. The van der Waals surface area contributed by atoms with Crippen LogP contribution in [0.4, 0.5) is 0 Å². The molecule has 26 heavy (non-hydrogen) atoms. The normalized spacial score (nSPS) is 13.3. The Morgan fingerprint density at radius 2 is 1.73 bits per heavy atom. The van der Waals surface area contributed by atoms with E-state index in [9.17, 15) is 5.11 Å². The van der Waals surface area contributed by atoms with Gasteiger partial charge in [-0.05, 0) is 48.4 Å². The topological polar surface area (TPSA) is 60.2 Å². The number of aromatic nitrogens is 3. The number of benzene rings is 2. The van der Waals surface area contributed by atoms with Gasteiger partial charge in [-0.15, -0.1) is 0 Å². The van der Waals surface area contributed by atoms with Gasteiger partial charge in [0.05, 0.1) is 6.04 Å². The van der Waals surface area contributed by atoms with Crippen molar-refractivity contribution >= 4 is 11.6 Å². The third-order valence-corrected chi connectivity index (χ3v) is 4.52. The first kappa shape index (κ1) is 18.4. The van der Waals surface area contributed by atoms with Crippen LogP contribution in [0.5, 0.6) is 11.5 Å². The summed E-state index contributed by atoms with van der Waals surface area (Å²) in [5.74, 6) is 1.42. The molecule has 0 bridgehead atoms. The van der Waals surface area contributed by atoms with Crippen LogP contribution >= 0.6 is 11.6 Å². The van der Waals surface area contributed by atoms with Gasteiger partial charge in [-0.3, -0.25) is 0 Å². The van der Waals surface area contributed by atoms with E-state index in [1.165, 1.54) is 6.33 Å². The summed E-state index contributed by atoms with van der Waals surface area (Å²) in [5.41, 5.74) is 0.824. The highest BCUT2D eigenvalue weighted by Gasteiger charge is 2.23. The van der Waals surface area contributed by atoms with E-state index < -0.39 is 6.10 Å². The lowest BCUT2D eigenvalue weighted by molar-refractivity contribution is 0.0992. The van der Waals surface area contributed by atoms with E-state index in [-0.39, 0.29) is 6.04 Å². The van der Waals surface area contributed by atoms with Crippen molar-refractivity contribution in [2.75, 3.05) is 0 Å². The van der Waals surface area contributed by atoms with Crippen molar-refractivity contribution in [2.45, 2.75) is 38.3 Å². The third-order valence-electron chi connectivity index (χ3n) is 4.27. The predicted molar refractivity (Wildman–Crippen MR) is 102 cm³/mol. The van der Waals surface area contributed by atoms with E-state index in [1.807, 2.05) is 36.4 Å². The molecule has 0 fully saturated rings. The van der Waals surface area contributed by atoms with Gasteiger partial charge >= 0.3 is 0 Å². The maximum Gasteiger partial charge on any atom is 0.137 e. The predicted octanol–water partition coefficient (Wildman–Crippen LogP) is 5.19. The maximum absolute atomic E-state index is 10.8. The molecule has 136 valence electrons. The second-order valence-electron chi connectivity index (χ2n) is 6.15. The molecule has 3 rings (SSSR count). The van der Waals surface area contributed by atoms with Crippen molar-refractivity contribution in [1.82, 2.24) is 14.8 Å². The summed E-state index contributed by atoms with van der Waals surface area (Å²) in [6.45, 7) is 2.13. The molecule has 1 aromatic heterocycles. The van der Waals surface area contributed by atoms with E-state index >= 15 is 0 Å². The molecule has 0 spiro atoms. The number of nitrogens with zero attached hydrogens (tertiary/aromatic N) is 3. The second-order valence-corrected chi connectivity index (χ2v) is 6.59. The van der Waals surface area contributed by atoms with Gasteiger partial charge in [-0.1, -0.05) is 43.5 Å². The highest BCUT2D eigenvalue weighted by Crippen LogP contribution is 2.31. The molecule has 0 amide bonds. The van der Waals surface area contributed by atoms with Gasteiger partial charge in [0.1, 0.15) is 30.3 Å². The summed E-state index contributed by atoms with van der Waals surface area (Å²) < 4.78 is 7.53. The largest absolute Gasteiger partial charge is 0.457 e. The summed E-state index contributed by atoms with van der Waals surface area (Å²) in [5, 5.41) is 15.7. The number of rotatable bonds is 8. The van der Waals surface area contributed by atoms with Gasteiger partial charge in [0.25, 0.3) is 0 Å². The number of ether oxygens (including phenoxy) is 1. The monoisotopic (exact) mass is 371 g/mol. The van der Waals surface area contributed by atoms with E-state index in [0.717, 1.165) is 24.8 Å². The van der Waals surface area contributed by atoms with Crippen LogP contribution in [0.1, 0.15) is 43.9 Å². The second kappa shape index (κ2) is 8.83. The van der Waals surface area contributed by atoms with Gasteiger partial charge in [0.2, 0.25) is 0 Å². The molecular formula is C20H22ClN3O2. The summed E-state index contributed by atoms with van der Waals surface area (Å²) in [7, 11) is 0. The molecule has 0 aliphatic rings. The molecule has 0 saturated carbocycles. The Labute approximate surface area is 158 Å². The molecule has 2 unspecified atom stereocenters. The minimum atomic E-state index is -0.659. The standard InChI is InChI=1S/C20H22ClN3O2/c1-2-3-4-19(24-14-22-13-23-24)20(25)15-5-9-17(10-6-15)26-18-11-7-16(21)8-12-18/h5-14,19-20,25H,2-4H2,1H3. The number of hydrogen-bond acceptors (Lipinski definition) is 4. The zero-order chi connectivity index (χ0) is 18.4. The van der Waals surface area contributed by atoms with Crippen LogP contribution in [-0.2, 0) is 0 Å². The molecule has 2 atom stereocenters. The minimum absolute atomic E-state index is 0.138. The van der Waals surface area contributed by atoms with Crippen LogP contribution in [0.15, 0.2) is 61.2 Å². The van der Waals surface area contributed by atoms with Gasteiger partial charge in [0.15, 0.2) is 0 Å². The van der Waals surface area contributed by atoms with E-state index in [0.29, 0.717) is 16.5 Å². The average molecular weight is 372 g/mol. The summed E-state index contributed by atoms with van der Waals surface area (Å²) >= 11 is 5.88. The fourth-order valence-electron chi connectivity index (χ4n) is 2.83. The smallest absolute Gasteiger partial charge is 0.137 e. The molecule has 5 nitrogen and oxygen atoms in total. The van der Waals surface area contributed by atoms with Crippen LogP contribution in [0, 0.1) is 0 Å². The Kier molecular flexibility index (Phi) is 6.26. The molecule has 0 radical (unpaired) electrons. The van der Waals surface area contributed by atoms with Crippen molar-refractivity contribution < 1.29 is 9.84 Å². The van der Waals surface area contributed by atoms with Crippen molar-refractivity contribution in [3.05, 3.63) is 71.8 Å². The summed E-state index contributed by atoms with van der Waals surface area (Å²) in [4.78, 5) is 4.01. The van der Waals surface area contributed by atoms with Crippen LogP contribution in [-0.4, -0.2) is 19.9 Å². The number of unbranched alkanes of at least 4 members (excludes halogenated alkanes) is 1. The van der Waals surface area contributed by atoms with Crippen LogP contribution in [0.2, 0.25) is 5.02 Å². The van der Waals surface area contributed by atoms with Gasteiger partial charge in [-0.2, -0.15) is 5.10 Å².